The summed E-state index contributed by atoms with van der Waals surface area (Å²) in [6.45, 7) is 3.76. The first-order chi connectivity index (χ1) is 9.74. The van der Waals surface area contributed by atoms with Gasteiger partial charge in [0.15, 0.2) is 11.5 Å². The first-order valence-electron chi connectivity index (χ1n) is 6.95. The Morgan fingerprint density at radius 2 is 2.30 bits per heavy atom. The highest BCUT2D eigenvalue weighted by molar-refractivity contribution is 5.94. The Labute approximate surface area is 119 Å². The molecule has 1 amide bonds. The maximum atomic E-state index is 12.1. The lowest BCUT2D eigenvalue weighted by molar-refractivity contribution is 0.0857. The summed E-state index contributed by atoms with van der Waals surface area (Å²) in [5.74, 6) is 1.09. The lowest BCUT2D eigenvalue weighted by atomic mass is 10.1. The number of carbonyl (C=O) groups is 1. The van der Waals surface area contributed by atoms with Crippen molar-refractivity contribution in [3.63, 3.8) is 0 Å². The minimum Gasteiger partial charge on any atom is -0.493 e. The van der Waals surface area contributed by atoms with Crippen LogP contribution in [0.1, 0.15) is 30.1 Å². The van der Waals surface area contributed by atoms with Crippen molar-refractivity contribution in [3.05, 3.63) is 23.8 Å². The Bertz CT molecular complexity index is 455. The third-order valence-electron chi connectivity index (χ3n) is 3.24. The maximum Gasteiger partial charge on any atom is 0.251 e. The number of carbonyl (C=O) groups excluding carboxylic acids is 1. The molecule has 1 atom stereocenters. The number of methoxy groups -OCH3 is 1. The molecule has 1 saturated heterocycles. The van der Waals surface area contributed by atoms with E-state index in [1.807, 2.05) is 6.92 Å². The molecule has 0 aliphatic carbocycles. The molecule has 110 valence electrons. The van der Waals surface area contributed by atoms with Gasteiger partial charge in [0.05, 0.1) is 19.8 Å². The minimum atomic E-state index is -0.121. The lowest BCUT2D eigenvalue weighted by Gasteiger charge is -2.13. The van der Waals surface area contributed by atoms with Crippen molar-refractivity contribution in [1.82, 2.24) is 5.32 Å². The number of hydrogen-bond donors (Lipinski definition) is 1. The number of benzene rings is 1. The predicted octanol–water partition coefficient (Wildman–Crippen LogP) is 2.00. The molecule has 1 N–H and O–H groups in total. The molecular weight excluding hydrogens is 258 g/mol. The van der Waals surface area contributed by atoms with Crippen LogP contribution in [0.3, 0.4) is 0 Å². The molecule has 1 heterocycles. The molecule has 1 aromatic rings. The number of nitrogens with one attached hydrogen (secondary N) is 1. The molecule has 5 nitrogen and oxygen atoms in total. The van der Waals surface area contributed by atoms with Crippen molar-refractivity contribution < 1.29 is 19.0 Å². The molecule has 0 radical (unpaired) electrons. The fourth-order valence-electron chi connectivity index (χ4n) is 2.20. The van der Waals surface area contributed by atoms with Crippen LogP contribution in [0.4, 0.5) is 0 Å². The summed E-state index contributed by atoms with van der Waals surface area (Å²) in [6.07, 6.45) is 2.22. The Morgan fingerprint density at radius 3 is 2.95 bits per heavy atom. The molecule has 5 heteroatoms. The van der Waals surface area contributed by atoms with Crippen LogP contribution in [-0.4, -0.2) is 38.9 Å². The molecule has 1 aliphatic heterocycles. The van der Waals surface area contributed by atoms with Gasteiger partial charge in [-0.05, 0) is 38.0 Å². The number of hydrogen-bond acceptors (Lipinski definition) is 4. The van der Waals surface area contributed by atoms with E-state index in [2.05, 4.69) is 5.32 Å². The lowest BCUT2D eigenvalue weighted by Crippen LogP contribution is -2.31. The van der Waals surface area contributed by atoms with Crippen LogP contribution in [0, 0.1) is 0 Å². The largest absolute Gasteiger partial charge is 0.493 e. The summed E-state index contributed by atoms with van der Waals surface area (Å²) < 4.78 is 16.1. The number of amides is 1. The van der Waals surface area contributed by atoms with Gasteiger partial charge in [-0.1, -0.05) is 0 Å². The van der Waals surface area contributed by atoms with E-state index in [1.54, 1.807) is 25.3 Å². The summed E-state index contributed by atoms with van der Waals surface area (Å²) in [7, 11) is 1.58. The second-order valence-corrected chi connectivity index (χ2v) is 4.64. The number of ether oxygens (including phenoxy) is 3. The van der Waals surface area contributed by atoms with E-state index >= 15 is 0 Å². The van der Waals surface area contributed by atoms with Crippen LogP contribution in [0.25, 0.3) is 0 Å². The average molecular weight is 279 g/mol. The zero-order chi connectivity index (χ0) is 14.4. The molecule has 2 rings (SSSR count). The molecule has 1 aliphatic rings. The van der Waals surface area contributed by atoms with Crippen molar-refractivity contribution in [2.45, 2.75) is 25.9 Å². The normalized spacial score (nSPS) is 17.8. The van der Waals surface area contributed by atoms with Gasteiger partial charge in [-0.2, -0.15) is 0 Å². The van der Waals surface area contributed by atoms with Gasteiger partial charge in [0, 0.05) is 18.7 Å². The van der Waals surface area contributed by atoms with E-state index in [1.165, 1.54) is 0 Å². The van der Waals surface area contributed by atoms with E-state index in [0.29, 0.717) is 30.2 Å². The molecule has 1 aromatic carbocycles. The maximum absolute atomic E-state index is 12.1. The highest BCUT2D eigenvalue weighted by atomic mass is 16.5. The second kappa shape index (κ2) is 7.14. The van der Waals surface area contributed by atoms with Gasteiger partial charge in [-0.15, -0.1) is 0 Å². The topological polar surface area (TPSA) is 56.8 Å². The van der Waals surface area contributed by atoms with E-state index in [9.17, 15) is 4.79 Å². The van der Waals surface area contributed by atoms with Crippen molar-refractivity contribution in [2.75, 3.05) is 26.9 Å². The summed E-state index contributed by atoms with van der Waals surface area (Å²) in [5, 5.41) is 2.89. The van der Waals surface area contributed by atoms with Crippen LogP contribution >= 0.6 is 0 Å². The van der Waals surface area contributed by atoms with Gasteiger partial charge in [-0.3, -0.25) is 4.79 Å². The van der Waals surface area contributed by atoms with Gasteiger partial charge >= 0.3 is 0 Å². The minimum absolute atomic E-state index is 0.121. The molecule has 1 fully saturated rings. The Hall–Kier alpha value is -1.75. The molecule has 20 heavy (non-hydrogen) atoms. The Kier molecular flexibility index (Phi) is 5.24. The van der Waals surface area contributed by atoms with Crippen LogP contribution in [0.5, 0.6) is 11.5 Å². The molecule has 0 aromatic heterocycles. The quantitative estimate of drug-likeness (QED) is 0.865. The molecule has 0 saturated carbocycles. The first kappa shape index (κ1) is 14.7. The van der Waals surface area contributed by atoms with Gasteiger partial charge in [0.1, 0.15) is 0 Å². The smallest absolute Gasteiger partial charge is 0.251 e. The van der Waals surface area contributed by atoms with Gasteiger partial charge in [-0.25, -0.2) is 0 Å². The highest BCUT2D eigenvalue weighted by Gasteiger charge is 2.17. The van der Waals surface area contributed by atoms with E-state index in [0.717, 1.165) is 19.4 Å². The van der Waals surface area contributed by atoms with E-state index in [-0.39, 0.29) is 12.0 Å². The molecular formula is C15H21NO4. The Balaban J connectivity index is 1.99. The third kappa shape index (κ3) is 3.63. The fraction of sp³-hybridized carbons (Fsp3) is 0.533. The second-order valence-electron chi connectivity index (χ2n) is 4.64. The SMILES string of the molecule is CCOc1cc(C(=O)NCC2CCCO2)ccc1OC. The van der Waals surface area contributed by atoms with E-state index in [4.69, 9.17) is 14.2 Å². The van der Waals surface area contributed by atoms with Crippen molar-refractivity contribution in [2.24, 2.45) is 0 Å². The van der Waals surface area contributed by atoms with Crippen LogP contribution in [0.15, 0.2) is 18.2 Å². The molecule has 1 unspecified atom stereocenters. The number of rotatable bonds is 6. The van der Waals surface area contributed by atoms with Gasteiger partial charge < -0.3 is 19.5 Å². The third-order valence-corrected chi connectivity index (χ3v) is 3.24. The summed E-state index contributed by atoms with van der Waals surface area (Å²) >= 11 is 0. The van der Waals surface area contributed by atoms with Gasteiger partial charge in [0.25, 0.3) is 5.91 Å². The standard InChI is InChI=1S/C15H21NO4/c1-3-19-14-9-11(6-7-13(14)18-2)15(17)16-10-12-5-4-8-20-12/h6-7,9,12H,3-5,8,10H2,1-2H3,(H,16,17). The zero-order valence-electron chi connectivity index (χ0n) is 12.0. The van der Waals surface area contributed by atoms with E-state index < -0.39 is 0 Å². The summed E-state index contributed by atoms with van der Waals surface area (Å²) in [5.41, 5.74) is 0.562. The van der Waals surface area contributed by atoms with Crippen molar-refractivity contribution >= 4 is 5.91 Å². The van der Waals surface area contributed by atoms with Gasteiger partial charge in [0.2, 0.25) is 0 Å². The predicted molar refractivity (Wildman–Crippen MR) is 75.5 cm³/mol. The summed E-state index contributed by atoms with van der Waals surface area (Å²) in [6, 6.07) is 5.17. The fourth-order valence-corrected chi connectivity index (χ4v) is 2.20. The summed E-state index contributed by atoms with van der Waals surface area (Å²) in [4.78, 5) is 12.1. The monoisotopic (exact) mass is 279 g/mol. The first-order valence-corrected chi connectivity index (χ1v) is 6.95. The Morgan fingerprint density at radius 1 is 1.45 bits per heavy atom. The molecule has 0 spiro atoms. The average Bonchev–Trinajstić information content (AvgIpc) is 2.98. The highest BCUT2D eigenvalue weighted by Crippen LogP contribution is 2.28. The van der Waals surface area contributed by atoms with Crippen molar-refractivity contribution in [1.29, 1.82) is 0 Å². The zero-order valence-corrected chi connectivity index (χ0v) is 12.0. The van der Waals surface area contributed by atoms with Crippen LogP contribution in [0.2, 0.25) is 0 Å². The van der Waals surface area contributed by atoms with Crippen LogP contribution < -0.4 is 14.8 Å². The van der Waals surface area contributed by atoms with Crippen molar-refractivity contribution in [3.8, 4) is 11.5 Å². The van der Waals surface area contributed by atoms with Crippen LogP contribution in [-0.2, 0) is 4.74 Å². The molecule has 0 bridgehead atoms.